The highest BCUT2D eigenvalue weighted by molar-refractivity contribution is 6.32. The molecule has 3 aromatic carbocycles. The second kappa shape index (κ2) is 8.41. The number of rotatable bonds is 6. The van der Waals surface area contributed by atoms with Crippen molar-refractivity contribution in [3.63, 3.8) is 0 Å². The molecule has 3 rings (SSSR count). The van der Waals surface area contributed by atoms with Gasteiger partial charge in [-0.25, -0.2) is 0 Å². The van der Waals surface area contributed by atoms with Gasteiger partial charge in [-0.2, -0.15) is 0 Å². The van der Waals surface area contributed by atoms with Gasteiger partial charge in [0, 0.05) is 11.3 Å². The minimum Gasteiger partial charge on any atom is -0.491 e. The molecule has 132 valence electrons. The first-order chi connectivity index (χ1) is 12.7. The number of para-hydroxylation sites is 1. The molecule has 0 aromatic heterocycles. The Labute approximate surface area is 157 Å². The zero-order valence-electron chi connectivity index (χ0n) is 14.2. The van der Waals surface area contributed by atoms with Crippen LogP contribution < -0.4 is 14.8 Å². The van der Waals surface area contributed by atoms with E-state index >= 15 is 0 Å². The summed E-state index contributed by atoms with van der Waals surface area (Å²) in [6, 6.07) is 22.1. The maximum absolute atomic E-state index is 12.5. The summed E-state index contributed by atoms with van der Waals surface area (Å²) in [5, 5.41) is 3.15. The number of ether oxygens (including phenoxy) is 2. The van der Waals surface area contributed by atoms with Crippen LogP contribution in [0.5, 0.6) is 11.5 Å². The molecule has 0 spiro atoms. The molecule has 0 atom stereocenters. The third-order valence-electron chi connectivity index (χ3n) is 3.74. The van der Waals surface area contributed by atoms with Crippen molar-refractivity contribution in [3.05, 3.63) is 88.9 Å². The summed E-state index contributed by atoms with van der Waals surface area (Å²) in [6.45, 7) is 0.345. The van der Waals surface area contributed by atoms with Crippen molar-refractivity contribution < 1.29 is 14.3 Å². The quantitative estimate of drug-likeness (QED) is 0.653. The lowest BCUT2D eigenvalue weighted by atomic mass is 10.1. The molecule has 5 heteroatoms. The van der Waals surface area contributed by atoms with Crippen LogP contribution in [0.3, 0.4) is 0 Å². The molecule has 1 amide bonds. The number of benzene rings is 3. The normalized spacial score (nSPS) is 10.2. The lowest BCUT2D eigenvalue weighted by Gasteiger charge is -2.14. The monoisotopic (exact) mass is 367 g/mol. The fraction of sp³-hybridized carbons (Fsp3) is 0.0952. The van der Waals surface area contributed by atoms with E-state index in [-0.39, 0.29) is 5.91 Å². The summed E-state index contributed by atoms with van der Waals surface area (Å²) >= 11 is 6.28. The van der Waals surface area contributed by atoms with Gasteiger partial charge in [-0.1, -0.05) is 60.1 Å². The topological polar surface area (TPSA) is 47.6 Å². The highest BCUT2D eigenvalue weighted by Crippen LogP contribution is 2.37. The molecule has 3 aromatic rings. The summed E-state index contributed by atoms with van der Waals surface area (Å²) in [4.78, 5) is 12.5. The van der Waals surface area contributed by atoms with Gasteiger partial charge < -0.3 is 14.8 Å². The molecule has 0 radical (unpaired) electrons. The fourth-order valence-electron chi connectivity index (χ4n) is 2.46. The minimum atomic E-state index is -0.273. The third kappa shape index (κ3) is 4.35. The lowest BCUT2D eigenvalue weighted by molar-refractivity contribution is 0.102. The summed E-state index contributed by atoms with van der Waals surface area (Å²) in [5.41, 5.74) is 2.10. The summed E-state index contributed by atoms with van der Waals surface area (Å²) < 4.78 is 11.2. The molecule has 0 aliphatic rings. The zero-order valence-corrected chi connectivity index (χ0v) is 15.0. The van der Waals surface area contributed by atoms with Crippen LogP contribution in [0, 0.1) is 0 Å². The Morgan fingerprint density at radius 1 is 1.00 bits per heavy atom. The van der Waals surface area contributed by atoms with Gasteiger partial charge in [-0.15, -0.1) is 0 Å². The molecule has 0 saturated carbocycles. The van der Waals surface area contributed by atoms with Crippen molar-refractivity contribution in [1.29, 1.82) is 0 Å². The average molecular weight is 368 g/mol. The molecule has 26 heavy (non-hydrogen) atoms. The number of carbonyl (C=O) groups is 1. The summed E-state index contributed by atoms with van der Waals surface area (Å²) in [6.07, 6.45) is 0. The van der Waals surface area contributed by atoms with Crippen LogP contribution in [-0.2, 0) is 6.61 Å². The van der Waals surface area contributed by atoms with Gasteiger partial charge in [0.1, 0.15) is 6.61 Å². The number of hydrogen-bond acceptors (Lipinski definition) is 3. The Bertz CT molecular complexity index is 883. The number of carbonyl (C=O) groups excluding carboxylic acids is 1. The first kappa shape index (κ1) is 17.8. The first-order valence-electron chi connectivity index (χ1n) is 8.08. The summed E-state index contributed by atoms with van der Waals surface area (Å²) in [7, 11) is 1.51. The predicted octanol–water partition coefficient (Wildman–Crippen LogP) is 5.18. The Morgan fingerprint density at radius 3 is 2.31 bits per heavy atom. The Balaban J connectivity index is 1.83. The molecule has 0 fully saturated rings. The van der Waals surface area contributed by atoms with Crippen molar-refractivity contribution in [2.45, 2.75) is 6.61 Å². The van der Waals surface area contributed by atoms with E-state index < -0.39 is 0 Å². The van der Waals surface area contributed by atoms with Gasteiger partial charge in [0.2, 0.25) is 0 Å². The maximum atomic E-state index is 12.5. The zero-order chi connectivity index (χ0) is 18.4. The van der Waals surface area contributed by atoms with Crippen LogP contribution in [-0.4, -0.2) is 13.0 Å². The highest BCUT2D eigenvalue weighted by atomic mass is 35.5. The van der Waals surface area contributed by atoms with E-state index in [2.05, 4.69) is 5.32 Å². The molecule has 1 N–H and O–H groups in total. The number of amides is 1. The Kier molecular flexibility index (Phi) is 5.77. The molecule has 0 bridgehead atoms. The number of halogens is 1. The van der Waals surface area contributed by atoms with Crippen molar-refractivity contribution in [2.24, 2.45) is 0 Å². The Morgan fingerprint density at radius 2 is 1.65 bits per heavy atom. The fourth-order valence-corrected chi connectivity index (χ4v) is 2.75. The van der Waals surface area contributed by atoms with Gasteiger partial charge in [0.05, 0.1) is 12.1 Å². The van der Waals surface area contributed by atoms with Crippen molar-refractivity contribution in [1.82, 2.24) is 0 Å². The summed E-state index contributed by atoms with van der Waals surface area (Å²) in [5.74, 6) is 0.547. The molecule has 0 saturated heterocycles. The maximum Gasteiger partial charge on any atom is 0.255 e. The lowest BCUT2D eigenvalue weighted by Crippen LogP contribution is -2.12. The van der Waals surface area contributed by atoms with Crippen LogP contribution in [0.25, 0.3) is 0 Å². The van der Waals surface area contributed by atoms with Crippen molar-refractivity contribution in [2.75, 3.05) is 12.4 Å². The van der Waals surface area contributed by atoms with Crippen LogP contribution >= 0.6 is 11.6 Å². The average Bonchev–Trinajstić information content (AvgIpc) is 2.67. The number of methoxy groups -OCH3 is 1. The SMILES string of the molecule is COc1c(Cl)cc(C(=O)Nc2ccccc2)cc1OCc1ccccc1. The molecule has 0 aliphatic carbocycles. The predicted molar refractivity (Wildman–Crippen MR) is 103 cm³/mol. The second-order valence-electron chi connectivity index (χ2n) is 5.58. The van der Waals surface area contributed by atoms with Gasteiger partial charge in [-0.05, 0) is 29.8 Å². The molecule has 0 unspecified atom stereocenters. The van der Waals surface area contributed by atoms with E-state index in [9.17, 15) is 4.79 Å². The second-order valence-corrected chi connectivity index (χ2v) is 5.99. The van der Waals surface area contributed by atoms with Crippen LogP contribution in [0.1, 0.15) is 15.9 Å². The number of hydrogen-bond donors (Lipinski definition) is 1. The van der Waals surface area contributed by atoms with Crippen molar-refractivity contribution >= 4 is 23.2 Å². The van der Waals surface area contributed by atoms with Gasteiger partial charge in [-0.3, -0.25) is 4.79 Å². The van der Waals surface area contributed by atoms with Crippen LogP contribution in [0.15, 0.2) is 72.8 Å². The largest absolute Gasteiger partial charge is 0.491 e. The molecule has 0 aliphatic heterocycles. The van der Waals surface area contributed by atoms with E-state index in [0.717, 1.165) is 5.56 Å². The van der Waals surface area contributed by atoms with Gasteiger partial charge in [0.15, 0.2) is 11.5 Å². The highest BCUT2D eigenvalue weighted by Gasteiger charge is 2.16. The van der Waals surface area contributed by atoms with Gasteiger partial charge >= 0.3 is 0 Å². The van der Waals surface area contributed by atoms with E-state index in [1.807, 2.05) is 60.7 Å². The smallest absolute Gasteiger partial charge is 0.255 e. The van der Waals surface area contributed by atoms with Gasteiger partial charge in [0.25, 0.3) is 5.91 Å². The van der Waals surface area contributed by atoms with Crippen molar-refractivity contribution in [3.8, 4) is 11.5 Å². The standard InChI is InChI=1S/C21H18ClNO3/c1-25-20-18(22)12-16(21(24)23-17-10-6-3-7-11-17)13-19(20)26-14-15-8-4-2-5-9-15/h2-13H,14H2,1H3,(H,23,24). The number of anilines is 1. The van der Waals surface area contributed by atoms with E-state index in [4.69, 9.17) is 21.1 Å². The number of nitrogens with one attached hydrogen (secondary N) is 1. The minimum absolute atomic E-state index is 0.273. The molecular formula is C21H18ClNO3. The molecule has 4 nitrogen and oxygen atoms in total. The van der Waals surface area contributed by atoms with E-state index in [1.54, 1.807) is 12.1 Å². The van der Waals surface area contributed by atoms with Crippen LogP contribution in [0.4, 0.5) is 5.69 Å². The van der Waals surface area contributed by atoms with Crippen LogP contribution in [0.2, 0.25) is 5.02 Å². The van der Waals surface area contributed by atoms with E-state index in [0.29, 0.717) is 34.4 Å². The van der Waals surface area contributed by atoms with E-state index in [1.165, 1.54) is 7.11 Å². The molecular weight excluding hydrogens is 350 g/mol. The third-order valence-corrected chi connectivity index (χ3v) is 4.03. The Hall–Kier alpha value is -2.98. The molecule has 0 heterocycles. The first-order valence-corrected chi connectivity index (χ1v) is 8.46.